The highest BCUT2D eigenvalue weighted by atomic mass is 32.2. The summed E-state index contributed by atoms with van der Waals surface area (Å²) in [7, 11) is 1.34. The molecule has 2 aromatic carbocycles. The Morgan fingerprint density at radius 2 is 1.97 bits per heavy atom. The van der Waals surface area contributed by atoms with E-state index in [1.165, 1.54) is 18.9 Å². The molecule has 1 amide bonds. The van der Waals surface area contributed by atoms with Gasteiger partial charge >= 0.3 is 5.97 Å². The number of tetrazole rings is 1. The predicted molar refractivity (Wildman–Crippen MR) is 109 cm³/mol. The first-order valence-electron chi connectivity index (χ1n) is 8.95. The summed E-state index contributed by atoms with van der Waals surface area (Å²) in [5.74, 6) is -0.525. The molecule has 3 rings (SSSR count). The van der Waals surface area contributed by atoms with Gasteiger partial charge in [0.15, 0.2) is 0 Å². The summed E-state index contributed by atoms with van der Waals surface area (Å²) in [6.07, 6.45) is 0. The molecular formula is C20H21N5O3S. The third-order valence-corrected chi connectivity index (χ3v) is 5.21. The maximum atomic E-state index is 12.5. The van der Waals surface area contributed by atoms with Gasteiger partial charge in [-0.3, -0.25) is 4.79 Å². The predicted octanol–water partition coefficient (Wildman–Crippen LogP) is 2.55. The van der Waals surface area contributed by atoms with Crippen LogP contribution in [0.3, 0.4) is 0 Å². The SMILES string of the molecule is COC(=O)c1ccc(CNC(=O)C(C)Sc2nnnn2-c2cccc(C)c2)cc1. The first kappa shape index (κ1) is 20.5. The Balaban J connectivity index is 1.59. The van der Waals surface area contributed by atoms with Gasteiger partial charge in [-0.2, -0.15) is 4.68 Å². The molecule has 0 spiro atoms. The molecule has 1 unspecified atom stereocenters. The van der Waals surface area contributed by atoms with Crippen molar-refractivity contribution >= 4 is 23.6 Å². The van der Waals surface area contributed by atoms with Crippen molar-refractivity contribution in [1.29, 1.82) is 0 Å². The number of benzene rings is 2. The monoisotopic (exact) mass is 411 g/mol. The van der Waals surface area contributed by atoms with E-state index < -0.39 is 5.97 Å². The molecule has 29 heavy (non-hydrogen) atoms. The van der Waals surface area contributed by atoms with Crippen molar-refractivity contribution in [3.05, 3.63) is 65.2 Å². The van der Waals surface area contributed by atoms with E-state index in [1.54, 1.807) is 35.9 Å². The lowest BCUT2D eigenvalue weighted by Gasteiger charge is -2.12. The second-order valence-electron chi connectivity index (χ2n) is 6.38. The molecule has 1 aromatic heterocycles. The summed E-state index contributed by atoms with van der Waals surface area (Å²) in [5, 5.41) is 14.8. The zero-order valence-electron chi connectivity index (χ0n) is 16.3. The molecule has 0 aliphatic heterocycles. The minimum absolute atomic E-state index is 0.133. The van der Waals surface area contributed by atoms with Crippen LogP contribution < -0.4 is 5.32 Å². The molecule has 3 aromatic rings. The van der Waals surface area contributed by atoms with E-state index in [-0.39, 0.29) is 11.2 Å². The van der Waals surface area contributed by atoms with Gasteiger partial charge in [0.1, 0.15) is 0 Å². The van der Waals surface area contributed by atoms with E-state index in [4.69, 9.17) is 0 Å². The third-order valence-electron chi connectivity index (χ3n) is 4.18. The maximum Gasteiger partial charge on any atom is 0.337 e. The summed E-state index contributed by atoms with van der Waals surface area (Å²) in [4.78, 5) is 23.9. The van der Waals surface area contributed by atoms with Crippen LogP contribution in [0, 0.1) is 6.92 Å². The van der Waals surface area contributed by atoms with Crippen LogP contribution in [0.4, 0.5) is 0 Å². The van der Waals surface area contributed by atoms with E-state index in [0.717, 1.165) is 16.8 Å². The number of rotatable bonds is 7. The molecule has 0 saturated heterocycles. The molecule has 1 N–H and O–H groups in total. The number of ether oxygens (including phenoxy) is 1. The summed E-state index contributed by atoms with van der Waals surface area (Å²) < 4.78 is 6.29. The zero-order chi connectivity index (χ0) is 20.8. The van der Waals surface area contributed by atoms with Crippen LogP contribution >= 0.6 is 11.8 Å². The van der Waals surface area contributed by atoms with Gasteiger partial charge in [-0.15, -0.1) is 5.10 Å². The number of hydrogen-bond donors (Lipinski definition) is 1. The number of methoxy groups -OCH3 is 1. The molecule has 0 saturated carbocycles. The van der Waals surface area contributed by atoms with Gasteiger partial charge in [-0.25, -0.2) is 4.79 Å². The van der Waals surface area contributed by atoms with Gasteiger partial charge < -0.3 is 10.1 Å². The van der Waals surface area contributed by atoms with Gasteiger partial charge in [0, 0.05) is 6.54 Å². The fourth-order valence-electron chi connectivity index (χ4n) is 2.60. The molecule has 0 radical (unpaired) electrons. The van der Waals surface area contributed by atoms with E-state index in [1.807, 2.05) is 31.2 Å². The summed E-state index contributed by atoms with van der Waals surface area (Å²) in [6.45, 7) is 4.15. The summed E-state index contributed by atoms with van der Waals surface area (Å²) in [5.41, 5.74) is 3.29. The highest BCUT2D eigenvalue weighted by Crippen LogP contribution is 2.23. The molecule has 1 atom stereocenters. The van der Waals surface area contributed by atoms with E-state index in [0.29, 0.717) is 17.3 Å². The fraction of sp³-hybridized carbons (Fsp3) is 0.250. The van der Waals surface area contributed by atoms with Crippen LogP contribution in [0.2, 0.25) is 0 Å². The van der Waals surface area contributed by atoms with Crippen LogP contribution in [0.25, 0.3) is 5.69 Å². The van der Waals surface area contributed by atoms with Gasteiger partial charge in [0.2, 0.25) is 11.1 Å². The second-order valence-corrected chi connectivity index (χ2v) is 7.69. The average molecular weight is 411 g/mol. The van der Waals surface area contributed by atoms with Crippen molar-refractivity contribution in [2.45, 2.75) is 30.8 Å². The fourth-order valence-corrected chi connectivity index (χ4v) is 3.43. The Kier molecular flexibility index (Phi) is 6.61. The van der Waals surface area contributed by atoms with Crippen molar-refractivity contribution in [2.24, 2.45) is 0 Å². The largest absolute Gasteiger partial charge is 0.465 e. The maximum absolute atomic E-state index is 12.5. The van der Waals surface area contributed by atoms with Crippen LogP contribution in [0.15, 0.2) is 53.7 Å². The smallest absolute Gasteiger partial charge is 0.337 e. The highest BCUT2D eigenvalue weighted by Gasteiger charge is 2.19. The molecule has 8 nitrogen and oxygen atoms in total. The first-order valence-corrected chi connectivity index (χ1v) is 9.83. The van der Waals surface area contributed by atoms with Crippen molar-refractivity contribution < 1.29 is 14.3 Å². The second kappa shape index (κ2) is 9.33. The number of carbonyl (C=O) groups is 2. The van der Waals surface area contributed by atoms with Crippen LogP contribution in [-0.4, -0.2) is 44.4 Å². The third kappa shape index (κ3) is 5.20. The number of hydrogen-bond acceptors (Lipinski definition) is 7. The number of nitrogens with one attached hydrogen (secondary N) is 1. The van der Waals surface area contributed by atoms with Gasteiger partial charge in [-0.05, 0) is 59.7 Å². The highest BCUT2D eigenvalue weighted by molar-refractivity contribution is 8.00. The molecule has 0 aliphatic rings. The van der Waals surface area contributed by atoms with Gasteiger partial charge in [-0.1, -0.05) is 36.0 Å². The quantitative estimate of drug-likeness (QED) is 0.471. The normalized spacial score (nSPS) is 11.7. The van der Waals surface area contributed by atoms with Crippen molar-refractivity contribution in [3.63, 3.8) is 0 Å². The lowest BCUT2D eigenvalue weighted by Crippen LogP contribution is -2.30. The number of thioether (sulfide) groups is 1. The Morgan fingerprint density at radius 3 is 2.66 bits per heavy atom. The Hall–Kier alpha value is -3.20. The summed E-state index contributed by atoms with van der Waals surface area (Å²) >= 11 is 1.28. The van der Waals surface area contributed by atoms with Crippen LogP contribution in [-0.2, 0) is 16.1 Å². The average Bonchev–Trinajstić information content (AvgIpc) is 3.19. The van der Waals surface area contributed by atoms with Crippen LogP contribution in [0.1, 0.15) is 28.4 Å². The van der Waals surface area contributed by atoms with E-state index >= 15 is 0 Å². The zero-order valence-corrected chi connectivity index (χ0v) is 17.1. The number of amides is 1. The number of carbonyl (C=O) groups excluding carboxylic acids is 2. The number of nitrogens with zero attached hydrogens (tertiary/aromatic N) is 4. The Labute approximate surface area is 172 Å². The van der Waals surface area contributed by atoms with Crippen molar-refractivity contribution in [2.75, 3.05) is 7.11 Å². The summed E-state index contributed by atoms with van der Waals surface area (Å²) in [6, 6.07) is 14.7. The van der Waals surface area contributed by atoms with Gasteiger partial charge in [0.05, 0.1) is 23.6 Å². The minimum Gasteiger partial charge on any atom is -0.465 e. The molecule has 0 aliphatic carbocycles. The van der Waals surface area contributed by atoms with Crippen molar-refractivity contribution in [1.82, 2.24) is 25.5 Å². The lowest BCUT2D eigenvalue weighted by atomic mass is 10.1. The lowest BCUT2D eigenvalue weighted by molar-refractivity contribution is -0.120. The Bertz CT molecular complexity index is 1000. The van der Waals surface area contributed by atoms with E-state index in [2.05, 4.69) is 25.6 Å². The molecule has 9 heteroatoms. The molecule has 0 bridgehead atoms. The standard InChI is InChI=1S/C20H21N5O3S/c1-13-5-4-6-17(11-13)25-20(22-23-24-25)29-14(2)18(26)21-12-15-7-9-16(10-8-15)19(27)28-3/h4-11,14H,12H2,1-3H3,(H,21,26). The van der Waals surface area contributed by atoms with Gasteiger partial charge in [0.25, 0.3) is 0 Å². The first-order chi connectivity index (χ1) is 14.0. The van der Waals surface area contributed by atoms with E-state index in [9.17, 15) is 9.59 Å². The topological polar surface area (TPSA) is 99.0 Å². The Morgan fingerprint density at radius 1 is 1.21 bits per heavy atom. The number of esters is 1. The minimum atomic E-state index is -0.392. The molecular weight excluding hydrogens is 390 g/mol. The number of aryl methyl sites for hydroxylation is 1. The number of aromatic nitrogens is 4. The molecule has 150 valence electrons. The molecule has 1 heterocycles. The molecule has 0 fully saturated rings. The van der Waals surface area contributed by atoms with Crippen molar-refractivity contribution in [3.8, 4) is 5.69 Å². The van der Waals surface area contributed by atoms with Crippen LogP contribution in [0.5, 0.6) is 0 Å².